The largest absolute Gasteiger partial charge is 0.369 e. The van der Waals surface area contributed by atoms with Crippen molar-refractivity contribution < 1.29 is 4.79 Å². The van der Waals surface area contributed by atoms with Crippen molar-refractivity contribution in [3.8, 4) is 0 Å². The van der Waals surface area contributed by atoms with Gasteiger partial charge in [0.1, 0.15) is 5.82 Å². The number of benzene rings is 2. The first kappa shape index (κ1) is 15.8. The van der Waals surface area contributed by atoms with Crippen LogP contribution in [-0.2, 0) is 0 Å². The lowest BCUT2D eigenvalue weighted by molar-refractivity contribution is 0.0953. The molecule has 1 amide bonds. The molecule has 0 aliphatic rings. The number of halogens is 1. The molecule has 3 aromatic rings. The molecule has 0 fully saturated rings. The minimum atomic E-state index is -0.0826. The quantitative estimate of drug-likeness (QED) is 0.659. The topological polar surface area (TPSA) is 54.0 Å². The highest BCUT2D eigenvalue weighted by molar-refractivity contribution is 7.13. The van der Waals surface area contributed by atoms with E-state index in [0.29, 0.717) is 17.1 Å². The van der Waals surface area contributed by atoms with Crippen molar-refractivity contribution >= 4 is 44.9 Å². The zero-order valence-corrected chi connectivity index (χ0v) is 14.0. The molecule has 0 aliphatic heterocycles. The SMILES string of the molecule is O=C(NCCCNc1nsc2ccccc12)c1ccc(Cl)cc1. The van der Waals surface area contributed by atoms with Gasteiger partial charge in [0, 0.05) is 29.1 Å². The van der Waals surface area contributed by atoms with Gasteiger partial charge in [-0.25, -0.2) is 0 Å². The van der Waals surface area contributed by atoms with Gasteiger partial charge in [0.05, 0.1) is 4.70 Å². The molecule has 0 atom stereocenters. The summed E-state index contributed by atoms with van der Waals surface area (Å²) in [7, 11) is 0. The third kappa shape index (κ3) is 4.00. The van der Waals surface area contributed by atoms with Crippen LogP contribution in [0.1, 0.15) is 16.8 Å². The van der Waals surface area contributed by atoms with Gasteiger partial charge in [0.2, 0.25) is 0 Å². The molecular weight excluding hydrogens is 330 g/mol. The summed E-state index contributed by atoms with van der Waals surface area (Å²) < 4.78 is 5.59. The molecule has 0 spiro atoms. The molecule has 23 heavy (non-hydrogen) atoms. The molecule has 1 aromatic heterocycles. The molecule has 118 valence electrons. The molecular formula is C17H16ClN3OS. The Hall–Kier alpha value is -2.11. The Kier molecular flexibility index (Phi) is 5.10. The van der Waals surface area contributed by atoms with Crippen LogP contribution in [0, 0.1) is 0 Å². The van der Waals surface area contributed by atoms with Crippen LogP contribution in [0.5, 0.6) is 0 Å². The smallest absolute Gasteiger partial charge is 0.251 e. The Labute approximate surface area is 143 Å². The summed E-state index contributed by atoms with van der Waals surface area (Å²) in [5.74, 6) is 0.829. The molecule has 0 saturated heterocycles. The monoisotopic (exact) mass is 345 g/mol. The van der Waals surface area contributed by atoms with E-state index in [1.54, 1.807) is 24.3 Å². The number of hydrogen-bond donors (Lipinski definition) is 2. The highest BCUT2D eigenvalue weighted by Crippen LogP contribution is 2.25. The van der Waals surface area contributed by atoms with Crippen LogP contribution in [0.2, 0.25) is 5.02 Å². The van der Waals surface area contributed by atoms with Gasteiger partial charge in [-0.2, -0.15) is 4.37 Å². The fourth-order valence-electron chi connectivity index (χ4n) is 2.21. The molecule has 2 aromatic carbocycles. The van der Waals surface area contributed by atoms with E-state index in [4.69, 9.17) is 11.6 Å². The third-order valence-electron chi connectivity index (χ3n) is 3.42. The van der Waals surface area contributed by atoms with E-state index in [1.807, 2.05) is 12.1 Å². The van der Waals surface area contributed by atoms with Crippen molar-refractivity contribution in [1.29, 1.82) is 0 Å². The van der Waals surface area contributed by atoms with Crippen LogP contribution in [-0.4, -0.2) is 23.4 Å². The molecule has 6 heteroatoms. The zero-order valence-electron chi connectivity index (χ0n) is 12.4. The summed E-state index contributed by atoms with van der Waals surface area (Å²) in [6, 6.07) is 15.0. The zero-order chi connectivity index (χ0) is 16.1. The lowest BCUT2D eigenvalue weighted by Crippen LogP contribution is -2.25. The number of carbonyl (C=O) groups excluding carboxylic acids is 1. The fourth-order valence-corrected chi connectivity index (χ4v) is 3.09. The van der Waals surface area contributed by atoms with Crippen molar-refractivity contribution in [2.24, 2.45) is 0 Å². The molecule has 0 radical (unpaired) electrons. The summed E-state index contributed by atoms with van der Waals surface area (Å²) in [5, 5.41) is 7.98. The first-order chi connectivity index (χ1) is 11.2. The summed E-state index contributed by atoms with van der Waals surface area (Å²) >= 11 is 7.30. The molecule has 3 rings (SSSR count). The second-order valence-electron chi connectivity index (χ2n) is 5.07. The van der Waals surface area contributed by atoms with Crippen LogP contribution < -0.4 is 10.6 Å². The maximum atomic E-state index is 11.9. The van der Waals surface area contributed by atoms with Crippen molar-refractivity contribution in [2.75, 3.05) is 18.4 Å². The summed E-state index contributed by atoms with van der Waals surface area (Å²) in [4.78, 5) is 11.9. The summed E-state index contributed by atoms with van der Waals surface area (Å²) in [6.07, 6.45) is 0.825. The number of amides is 1. The van der Waals surface area contributed by atoms with Gasteiger partial charge in [0.25, 0.3) is 5.91 Å². The Morgan fingerprint density at radius 2 is 1.87 bits per heavy atom. The van der Waals surface area contributed by atoms with Crippen LogP contribution in [0.3, 0.4) is 0 Å². The second-order valence-corrected chi connectivity index (χ2v) is 6.31. The van der Waals surface area contributed by atoms with Crippen molar-refractivity contribution in [3.05, 3.63) is 59.1 Å². The maximum Gasteiger partial charge on any atom is 0.251 e. The predicted octanol–water partition coefficient (Wildman–Crippen LogP) is 4.18. The second kappa shape index (κ2) is 7.44. The van der Waals surface area contributed by atoms with Gasteiger partial charge in [-0.3, -0.25) is 4.79 Å². The Morgan fingerprint density at radius 3 is 2.70 bits per heavy atom. The van der Waals surface area contributed by atoms with Crippen molar-refractivity contribution in [1.82, 2.24) is 9.69 Å². The number of aromatic nitrogens is 1. The summed E-state index contributed by atoms with van der Waals surface area (Å²) in [6.45, 7) is 1.37. The average molecular weight is 346 g/mol. The molecule has 0 bridgehead atoms. The van der Waals surface area contributed by atoms with Crippen molar-refractivity contribution in [2.45, 2.75) is 6.42 Å². The molecule has 2 N–H and O–H groups in total. The maximum absolute atomic E-state index is 11.9. The number of carbonyl (C=O) groups is 1. The fraction of sp³-hybridized carbons (Fsp3) is 0.176. The lowest BCUT2D eigenvalue weighted by atomic mass is 10.2. The number of hydrogen-bond acceptors (Lipinski definition) is 4. The Bertz CT molecular complexity index is 801. The van der Waals surface area contributed by atoms with E-state index < -0.39 is 0 Å². The van der Waals surface area contributed by atoms with Gasteiger partial charge in [-0.05, 0) is 54.4 Å². The highest BCUT2D eigenvalue weighted by atomic mass is 35.5. The lowest BCUT2D eigenvalue weighted by Gasteiger charge is -2.06. The van der Waals surface area contributed by atoms with E-state index >= 15 is 0 Å². The van der Waals surface area contributed by atoms with E-state index in [0.717, 1.165) is 24.2 Å². The first-order valence-corrected chi connectivity index (χ1v) is 8.51. The Morgan fingerprint density at radius 1 is 1.09 bits per heavy atom. The van der Waals surface area contributed by atoms with Crippen LogP contribution >= 0.6 is 23.1 Å². The predicted molar refractivity (Wildman–Crippen MR) is 96.5 cm³/mol. The number of nitrogens with zero attached hydrogens (tertiary/aromatic N) is 1. The van der Waals surface area contributed by atoms with E-state index in [1.165, 1.54) is 16.2 Å². The normalized spacial score (nSPS) is 10.7. The number of fused-ring (bicyclic) bond motifs is 1. The van der Waals surface area contributed by atoms with E-state index in [9.17, 15) is 4.79 Å². The van der Waals surface area contributed by atoms with Crippen LogP contribution in [0.15, 0.2) is 48.5 Å². The third-order valence-corrected chi connectivity index (χ3v) is 4.49. The van der Waals surface area contributed by atoms with Gasteiger partial charge in [-0.15, -0.1) is 0 Å². The molecule has 0 saturated carbocycles. The standard InChI is InChI=1S/C17H16ClN3OS/c18-13-8-6-12(7-9-13)17(22)20-11-3-10-19-16-14-4-1-2-5-15(14)23-21-16/h1-2,4-9H,3,10-11H2,(H,19,21)(H,20,22). The molecule has 0 aliphatic carbocycles. The van der Waals surface area contributed by atoms with E-state index in [-0.39, 0.29) is 5.91 Å². The molecule has 0 unspecified atom stereocenters. The van der Waals surface area contributed by atoms with E-state index in [2.05, 4.69) is 27.1 Å². The van der Waals surface area contributed by atoms with Crippen LogP contribution in [0.25, 0.3) is 10.1 Å². The highest BCUT2D eigenvalue weighted by Gasteiger charge is 2.05. The minimum absolute atomic E-state index is 0.0826. The van der Waals surface area contributed by atoms with Gasteiger partial charge in [0.15, 0.2) is 0 Å². The number of rotatable bonds is 6. The number of nitrogens with one attached hydrogen (secondary N) is 2. The number of anilines is 1. The summed E-state index contributed by atoms with van der Waals surface area (Å²) in [5.41, 5.74) is 0.618. The molecule has 4 nitrogen and oxygen atoms in total. The van der Waals surface area contributed by atoms with Crippen LogP contribution in [0.4, 0.5) is 5.82 Å². The van der Waals surface area contributed by atoms with Gasteiger partial charge in [-0.1, -0.05) is 23.7 Å². The Balaban J connectivity index is 1.43. The van der Waals surface area contributed by atoms with Gasteiger partial charge < -0.3 is 10.6 Å². The molecule has 1 heterocycles. The average Bonchev–Trinajstić information content (AvgIpc) is 2.98. The first-order valence-electron chi connectivity index (χ1n) is 7.36. The minimum Gasteiger partial charge on any atom is -0.369 e. The van der Waals surface area contributed by atoms with Crippen molar-refractivity contribution in [3.63, 3.8) is 0 Å². The van der Waals surface area contributed by atoms with Gasteiger partial charge >= 0.3 is 0 Å².